The maximum atomic E-state index is 10.7. The van der Waals surface area contributed by atoms with Crippen LogP contribution in [0.3, 0.4) is 0 Å². The number of carbonyl (C=O) groups is 1. The number of carbonyl (C=O) groups excluding carboxylic acids is 1. The minimum Gasteiger partial charge on any atom is -0.466 e. The van der Waals surface area contributed by atoms with Crippen molar-refractivity contribution in [2.24, 2.45) is 0 Å². The first-order valence-electron chi connectivity index (χ1n) is 3.60. The summed E-state index contributed by atoms with van der Waals surface area (Å²) in [5.41, 5.74) is 1.69. The highest BCUT2D eigenvalue weighted by Gasteiger charge is 2.02. The second kappa shape index (κ2) is 6.73. The summed E-state index contributed by atoms with van der Waals surface area (Å²) in [5.74, 6) is -0.241. The zero-order chi connectivity index (χ0) is 11.9. The van der Waals surface area contributed by atoms with Crippen LogP contribution in [0.1, 0.15) is 20.8 Å². The Kier molecular flexibility index (Phi) is 7.58. The van der Waals surface area contributed by atoms with Gasteiger partial charge in [-0.15, -0.1) is 0 Å². The molecule has 6 nitrogen and oxygen atoms in total. The molecule has 0 saturated heterocycles. The van der Waals surface area contributed by atoms with Gasteiger partial charge in [-0.25, -0.2) is 9.36 Å². The molecular weight excluding hydrogens is 211 g/mol. The summed E-state index contributed by atoms with van der Waals surface area (Å²) >= 11 is 0. The molecule has 0 radical (unpaired) electrons. The summed E-state index contributed by atoms with van der Waals surface area (Å²) in [7, 11) is -3.26. The molecule has 0 rings (SSSR count). The monoisotopic (exact) mass is 226 g/mol. The highest BCUT2D eigenvalue weighted by Crippen LogP contribution is 2.25. The van der Waals surface area contributed by atoms with E-state index in [-0.39, 0.29) is 5.97 Å². The van der Waals surface area contributed by atoms with Gasteiger partial charge in [-0.3, -0.25) is 0 Å². The van der Waals surface area contributed by atoms with Crippen molar-refractivity contribution in [3.05, 3.63) is 11.1 Å². The van der Waals surface area contributed by atoms with E-state index in [0.717, 1.165) is 5.57 Å². The summed E-state index contributed by atoms with van der Waals surface area (Å²) in [6.07, 6.45) is 0. The molecule has 0 atom stereocenters. The Hall–Kier alpha value is -0.680. The highest BCUT2D eigenvalue weighted by atomic mass is 31.2. The normalized spacial score (nSPS) is 9.64. The third-order valence-corrected chi connectivity index (χ3v) is 1.24. The average Bonchev–Trinajstić information content (AvgIpc) is 1.98. The second-order valence-electron chi connectivity index (χ2n) is 2.63. The first-order valence-corrected chi connectivity index (χ1v) is 5.16. The lowest BCUT2D eigenvalue weighted by molar-refractivity contribution is -0.136. The molecule has 0 unspecified atom stereocenters. The molecule has 0 aliphatic heterocycles. The van der Waals surface area contributed by atoms with Gasteiger partial charge in [0.2, 0.25) is 0 Å². The van der Waals surface area contributed by atoms with Crippen LogP contribution in [0.25, 0.3) is 0 Å². The van der Waals surface area contributed by atoms with Gasteiger partial charge in [-0.2, -0.15) is 0 Å². The van der Waals surface area contributed by atoms with Gasteiger partial charge in [0.25, 0.3) is 0 Å². The zero-order valence-corrected chi connectivity index (χ0v) is 9.41. The van der Waals surface area contributed by atoms with E-state index in [2.05, 4.69) is 4.74 Å². The van der Waals surface area contributed by atoms with Gasteiger partial charge < -0.3 is 19.4 Å². The topological polar surface area (TPSA) is 104 Å². The van der Waals surface area contributed by atoms with E-state index >= 15 is 0 Å². The Morgan fingerprint density at radius 2 is 1.43 bits per heavy atom. The zero-order valence-electron chi connectivity index (χ0n) is 8.51. The summed E-state index contributed by atoms with van der Waals surface area (Å²) < 4.78 is 13.4. The van der Waals surface area contributed by atoms with Crippen LogP contribution < -0.4 is 0 Å². The molecule has 0 amide bonds. The fourth-order valence-corrected chi connectivity index (χ4v) is 0.357. The molecule has 7 heteroatoms. The van der Waals surface area contributed by atoms with E-state index in [1.54, 1.807) is 6.92 Å². The summed E-state index contributed by atoms with van der Waals surface area (Å²) in [4.78, 5) is 32.2. The predicted molar refractivity (Wildman–Crippen MR) is 50.3 cm³/mol. The number of phosphoric acid groups is 1. The first kappa shape index (κ1) is 15.8. The van der Waals surface area contributed by atoms with Crippen molar-refractivity contribution in [2.75, 3.05) is 7.11 Å². The van der Waals surface area contributed by atoms with E-state index in [9.17, 15) is 4.79 Å². The van der Waals surface area contributed by atoms with Gasteiger partial charge >= 0.3 is 13.8 Å². The average molecular weight is 226 g/mol. The van der Waals surface area contributed by atoms with Crippen LogP contribution in [-0.4, -0.2) is 27.8 Å². The quantitative estimate of drug-likeness (QED) is 0.343. The van der Waals surface area contributed by atoms with Gasteiger partial charge in [-0.05, 0) is 20.8 Å². The summed E-state index contributed by atoms with van der Waals surface area (Å²) in [5, 5.41) is 0. The van der Waals surface area contributed by atoms with Crippen LogP contribution in [0, 0.1) is 0 Å². The number of ether oxygens (including phenoxy) is 1. The van der Waals surface area contributed by atoms with E-state index < -0.39 is 7.82 Å². The Balaban J connectivity index is 0. The van der Waals surface area contributed by atoms with Crippen LogP contribution in [0.4, 0.5) is 0 Å². The van der Waals surface area contributed by atoms with E-state index in [1.807, 2.05) is 13.8 Å². The smallest absolute Gasteiger partial charge is 0.466 e. The van der Waals surface area contributed by atoms with Crippen LogP contribution in [0.5, 0.6) is 0 Å². The Morgan fingerprint density at radius 3 is 1.50 bits per heavy atom. The van der Waals surface area contributed by atoms with Crippen molar-refractivity contribution in [3.8, 4) is 0 Å². The molecule has 84 valence electrons. The van der Waals surface area contributed by atoms with Crippen LogP contribution in [0.2, 0.25) is 0 Å². The Morgan fingerprint density at radius 1 is 1.14 bits per heavy atom. The third-order valence-electron chi connectivity index (χ3n) is 1.24. The maximum absolute atomic E-state index is 10.7. The summed E-state index contributed by atoms with van der Waals surface area (Å²) in [6.45, 7) is 5.51. The molecule has 0 aromatic rings. The van der Waals surface area contributed by atoms with Crippen LogP contribution >= 0.6 is 7.82 Å². The van der Waals surface area contributed by atoms with Gasteiger partial charge in [-0.1, -0.05) is 5.57 Å². The number of esters is 1. The lowest BCUT2D eigenvalue weighted by Gasteiger charge is -1.98. The van der Waals surface area contributed by atoms with Crippen LogP contribution in [0.15, 0.2) is 11.1 Å². The molecule has 0 aliphatic rings. The fraction of sp³-hybridized carbons (Fsp3) is 0.571. The third kappa shape index (κ3) is 13.9. The first-order chi connectivity index (χ1) is 6.09. The molecule has 0 saturated carbocycles. The van der Waals surface area contributed by atoms with Gasteiger partial charge in [0.1, 0.15) is 0 Å². The highest BCUT2D eigenvalue weighted by molar-refractivity contribution is 7.45. The van der Waals surface area contributed by atoms with Crippen molar-refractivity contribution in [1.82, 2.24) is 0 Å². The van der Waals surface area contributed by atoms with Crippen molar-refractivity contribution in [3.63, 3.8) is 0 Å². The largest absolute Gasteiger partial charge is 0.466 e. The number of rotatable bonds is 1. The molecule has 0 spiro atoms. The molecule has 0 bridgehead atoms. The minimum absolute atomic E-state index is 0.241. The van der Waals surface area contributed by atoms with E-state index in [1.165, 1.54) is 7.11 Å². The maximum Gasteiger partial charge on any atom is 0.466 e. The van der Waals surface area contributed by atoms with Gasteiger partial charge in [0.05, 0.1) is 7.11 Å². The number of hydrogen-bond donors (Lipinski definition) is 3. The lowest BCUT2D eigenvalue weighted by atomic mass is 10.2. The Labute approximate surface area is 82.5 Å². The van der Waals surface area contributed by atoms with Crippen molar-refractivity contribution in [2.45, 2.75) is 20.8 Å². The van der Waals surface area contributed by atoms with E-state index in [4.69, 9.17) is 19.2 Å². The second-order valence-corrected chi connectivity index (χ2v) is 3.66. The Bertz CT molecular complexity index is 251. The van der Waals surface area contributed by atoms with Crippen molar-refractivity contribution in [1.29, 1.82) is 0 Å². The molecule has 0 aromatic carbocycles. The lowest BCUT2D eigenvalue weighted by Crippen LogP contribution is -2.02. The number of hydrogen-bond acceptors (Lipinski definition) is 3. The van der Waals surface area contributed by atoms with E-state index in [0.29, 0.717) is 5.57 Å². The SMILES string of the molecule is COC(=O)C(C)=C(C)C.O=P(O)(O)O. The molecule has 3 N–H and O–H groups in total. The molecule has 0 fully saturated rings. The summed E-state index contributed by atoms with van der Waals surface area (Å²) in [6, 6.07) is 0. The number of allylic oxidation sites excluding steroid dienone is 1. The molecule has 0 heterocycles. The van der Waals surface area contributed by atoms with Crippen LogP contribution in [-0.2, 0) is 14.1 Å². The minimum atomic E-state index is -4.64. The predicted octanol–water partition coefficient (Wildman–Crippen LogP) is 0.587. The standard InChI is InChI=1S/C7H12O2.H3O4P/c1-5(2)6(3)7(8)9-4;1-5(2,3)4/h1-4H3;(H3,1,2,3,4). The number of methoxy groups -OCH3 is 1. The molecule has 14 heavy (non-hydrogen) atoms. The molecular formula is C7H15O6P. The molecule has 0 aliphatic carbocycles. The van der Waals surface area contributed by atoms with Crippen molar-refractivity contribution >= 4 is 13.8 Å². The molecule has 0 aromatic heterocycles. The van der Waals surface area contributed by atoms with Crippen molar-refractivity contribution < 1.29 is 28.8 Å². The van der Waals surface area contributed by atoms with Gasteiger partial charge in [0.15, 0.2) is 0 Å². The fourth-order valence-electron chi connectivity index (χ4n) is 0.357. The van der Waals surface area contributed by atoms with Gasteiger partial charge in [0, 0.05) is 5.57 Å².